The topological polar surface area (TPSA) is 58.0 Å². The van der Waals surface area contributed by atoms with Gasteiger partial charge in [-0.2, -0.15) is 0 Å². The largest absolute Gasteiger partial charge is 0.391 e. The Morgan fingerprint density at radius 3 is 2.50 bits per heavy atom. The summed E-state index contributed by atoms with van der Waals surface area (Å²) in [4.78, 5) is 12.2. The van der Waals surface area contributed by atoms with Crippen LogP contribution in [0.15, 0.2) is 29.1 Å². The van der Waals surface area contributed by atoms with Crippen molar-refractivity contribution in [3.8, 4) is 5.69 Å². The smallest absolute Gasteiger partial charge is 0.277 e. The zero-order valence-corrected chi connectivity index (χ0v) is 10.9. The molecule has 0 saturated carbocycles. The maximum Gasteiger partial charge on any atom is 0.277 e. The van der Waals surface area contributed by atoms with E-state index in [1.807, 2.05) is 45.0 Å². The third-order valence-corrected chi connectivity index (χ3v) is 3.11. The molecule has 0 bridgehead atoms. The van der Waals surface area contributed by atoms with E-state index >= 15 is 0 Å². The van der Waals surface area contributed by atoms with Gasteiger partial charge in [-0.3, -0.25) is 9.89 Å². The molecule has 0 saturated heterocycles. The molecule has 1 aromatic heterocycles. The van der Waals surface area contributed by atoms with Crippen LogP contribution in [0.4, 0.5) is 0 Å². The van der Waals surface area contributed by atoms with Gasteiger partial charge in [0.2, 0.25) is 0 Å². The van der Waals surface area contributed by atoms with Crippen molar-refractivity contribution >= 4 is 0 Å². The third-order valence-electron chi connectivity index (χ3n) is 3.11. The summed E-state index contributed by atoms with van der Waals surface area (Å²) in [6, 6.07) is 7.67. The van der Waals surface area contributed by atoms with Crippen LogP contribution in [0, 0.1) is 6.92 Å². The number of nitrogens with one attached hydrogen (secondary N) is 1. The molecule has 1 aromatic carbocycles. The molecule has 1 heterocycles. The zero-order chi connectivity index (χ0) is 13.3. The van der Waals surface area contributed by atoms with E-state index < -0.39 is 0 Å². The zero-order valence-electron chi connectivity index (χ0n) is 10.9. The SMILES string of the molecule is Cc1ccccc1-n1[nH]c(C(C)C)c(CO)c1=O. The predicted molar refractivity (Wildman–Crippen MR) is 71.1 cm³/mol. The van der Waals surface area contributed by atoms with Gasteiger partial charge in [0, 0.05) is 5.69 Å². The van der Waals surface area contributed by atoms with Gasteiger partial charge in [-0.1, -0.05) is 32.0 Å². The second kappa shape index (κ2) is 4.82. The van der Waals surface area contributed by atoms with Crippen molar-refractivity contribution in [3.05, 3.63) is 51.4 Å². The van der Waals surface area contributed by atoms with Crippen molar-refractivity contribution in [2.75, 3.05) is 0 Å². The Labute approximate surface area is 106 Å². The Bertz CT molecular complexity index is 608. The summed E-state index contributed by atoms with van der Waals surface area (Å²) in [5, 5.41) is 12.4. The number of aliphatic hydroxyl groups is 1. The molecule has 0 aliphatic carbocycles. The standard InChI is InChI=1S/C14H18N2O2/c1-9(2)13-11(8-17)14(18)16(15-13)12-7-5-4-6-10(12)3/h4-7,9,15,17H,8H2,1-3H3. The molecule has 2 N–H and O–H groups in total. The fourth-order valence-corrected chi connectivity index (χ4v) is 2.10. The molecule has 0 amide bonds. The van der Waals surface area contributed by atoms with Gasteiger partial charge in [0.1, 0.15) is 0 Å². The van der Waals surface area contributed by atoms with E-state index in [1.54, 1.807) is 0 Å². The van der Waals surface area contributed by atoms with Gasteiger partial charge >= 0.3 is 0 Å². The predicted octanol–water partition coefficient (Wildman–Crippen LogP) is 2.09. The Balaban J connectivity index is 2.67. The van der Waals surface area contributed by atoms with Crippen LogP contribution in [0.5, 0.6) is 0 Å². The lowest BCUT2D eigenvalue weighted by atomic mass is 10.1. The van der Waals surface area contributed by atoms with E-state index in [0.717, 1.165) is 16.9 Å². The minimum atomic E-state index is -0.234. The van der Waals surface area contributed by atoms with Crippen LogP contribution in [-0.2, 0) is 6.61 Å². The van der Waals surface area contributed by atoms with Crippen LogP contribution in [-0.4, -0.2) is 14.9 Å². The lowest BCUT2D eigenvalue weighted by Gasteiger charge is -2.06. The van der Waals surface area contributed by atoms with E-state index in [1.165, 1.54) is 4.68 Å². The molecule has 0 unspecified atom stereocenters. The highest BCUT2D eigenvalue weighted by Crippen LogP contribution is 2.17. The lowest BCUT2D eigenvalue weighted by molar-refractivity contribution is 0.279. The number of aromatic amines is 1. The van der Waals surface area contributed by atoms with Crippen molar-refractivity contribution in [2.24, 2.45) is 0 Å². The van der Waals surface area contributed by atoms with Crippen molar-refractivity contribution in [3.63, 3.8) is 0 Å². The molecule has 2 rings (SSSR count). The summed E-state index contributed by atoms with van der Waals surface area (Å²) < 4.78 is 1.51. The quantitative estimate of drug-likeness (QED) is 0.871. The minimum Gasteiger partial charge on any atom is -0.391 e. The van der Waals surface area contributed by atoms with Crippen LogP contribution in [0.3, 0.4) is 0 Å². The first-order valence-electron chi connectivity index (χ1n) is 6.07. The Morgan fingerprint density at radius 2 is 2.00 bits per heavy atom. The summed E-state index contributed by atoms with van der Waals surface area (Å²) in [5.74, 6) is 0.171. The summed E-state index contributed by atoms with van der Waals surface area (Å²) >= 11 is 0. The molecule has 18 heavy (non-hydrogen) atoms. The number of rotatable bonds is 3. The molecule has 2 aromatic rings. The highest BCUT2D eigenvalue weighted by Gasteiger charge is 2.17. The van der Waals surface area contributed by atoms with Gasteiger partial charge in [-0.05, 0) is 24.5 Å². The van der Waals surface area contributed by atoms with Gasteiger partial charge in [0.25, 0.3) is 5.56 Å². The highest BCUT2D eigenvalue weighted by atomic mass is 16.3. The fraction of sp³-hybridized carbons (Fsp3) is 0.357. The van der Waals surface area contributed by atoms with Crippen LogP contribution in [0.25, 0.3) is 5.69 Å². The van der Waals surface area contributed by atoms with Gasteiger partial charge < -0.3 is 5.11 Å². The fourth-order valence-electron chi connectivity index (χ4n) is 2.10. The molecule has 4 heteroatoms. The van der Waals surface area contributed by atoms with Crippen LogP contribution in [0.2, 0.25) is 0 Å². The number of aromatic nitrogens is 2. The van der Waals surface area contributed by atoms with Crippen LogP contribution < -0.4 is 5.56 Å². The average Bonchev–Trinajstić information content (AvgIpc) is 2.67. The summed E-state index contributed by atoms with van der Waals surface area (Å²) in [6.07, 6.45) is 0. The monoisotopic (exact) mass is 246 g/mol. The lowest BCUT2D eigenvalue weighted by Crippen LogP contribution is -2.18. The maximum atomic E-state index is 12.2. The molecule has 4 nitrogen and oxygen atoms in total. The first-order valence-corrected chi connectivity index (χ1v) is 6.07. The molecule has 0 aliphatic heterocycles. The van der Waals surface area contributed by atoms with Crippen LogP contribution in [0.1, 0.15) is 36.6 Å². The minimum absolute atomic E-state index is 0.171. The number of aryl methyl sites for hydroxylation is 1. The van der Waals surface area contributed by atoms with E-state index in [0.29, 0.717) is 5.56 Å². The molecule has 0 atom stereocenters. The van der Waals surface area contributed by atoms with E-state index in [2.05, 4.69) is 5.10 Å². The Hall–Kier alpha value is -1.81. The van der Waals surface area contributed by atoms with E-state index in [4.69, 9.17) is 0 Å². The molecular formula is C14H18N2O2. The van der Waals surface area contributed by atoms with Crippen molar-refractivity contribution in [1.29, 1.82) is 0 Å². The summed E-state index contributed by atoms with van der Waals surface area (Å²) in [6.45, 7) is 5.71. The van der Waals surface area contributed by atoms with Crippen molar-refractivity contribution in [2.45, 2.75) is 33.3 Å². The molecule has 0 radical (unpaired) electrons. The number of hydrogen-bond acceptors (Lipinski definition) is 2. The summed E-state index contributed by atoms with van der Waals surface area (Å²) in [5.41, 5.74) is 2.92. The van der Waals surface area contributed by atoms with Gasteiger partial charge in [0.05, 0.1) is 17.9 Å². The molecule has 96 valence electrons. The highest BCUT2D eigenvalue weighted by molar-refractivity contribution is 5.40. The number of hydrogen-bond donors (Lipinski definition) is 2. The second-order valence-corrected chi connectivity index (χ2v) is 4.74. The molecule has 0 fully saturated rings. The number of aliphatic hydroxyl groups excluding tert-OH is 1. The van der Waals surface area contributed by atoms with E-state index in [-0.39, 0.29) is 18.1 Å². The number of para-hydroxylation sites is 1. The summed E-state index contributed by atoms with van der Waals surface area (Å²) in [7, 11) is 0. The van der Waals surface area contributed by atoms with Crippen LogP contribution >= 0.6 is 0 Å². The first kappa shape index (κ1) is 12.6. The molecule has 0 spiro atoms. The van der Waals surface area contributed by atoms with Gasteiger partial charge in [0.15, 0.2) is 0 Å². The van der Waals surface area contributed by atoms with Gasteiger partial charge in [-0.15, -0.1) is 0 Å². The second-order valence-electron chi connectivity index (χ2n) is 4.74. The van der Waals surface area contributed by atoms with Crippen molar-refractivity contribution in [1.82, 2.24) is 9.78 Å². The molecule has 0 aliphatic rings. The Kier molecular flexibility index (Phi) is 3.39. The first-order chi connectivity index (χ1) is 8.56. The average molecular weight is 246 g/mol. The molecular weight excluding hydrogens is 228 g/mol. The number of benzene rings is 1. The third kappa shape index (κ3) is 1.99. The van der Waals surface area contributed by atoms with E-state index in [9.17, 15) is 9.90 Å². The maximum absolute atomic E-state index is 12.2. The normalized spacial score (nSPS) is 11.2. The van der Waals surface area contributed by atoms with Crippen molar-refractivity contribution < 1.29 is 5.11 Å². The number of H-pyrrole nitrogens is 1. The Morgan fingerprint density at radius 1 is 1.33 bits per heavy atom. The number of nitrogens with zero attached hydrogens (tertiary/aromatic N) is 1. The van der Waals surface area contributed by atoms with Gasteiger partial charge in [-0.25, -0.2) is 4.68 Å².